The molecule has 0 aromatic carbocycles. The lowest BCUT2D eigenvalue weighted by Gasteiger charge is -2.18. The Bertz CT molecular complexity index is 232. The summed E-state index contributed by atoms with van der Waals surface area (Å²) in [6, 6.07) is 0. The first-order chi connectivity index (χ1) is 4.88. The molecule has 0 spiro atoms. The first-order valence-electron chi connectivity index (χ1n) is 2.93. The second-order valence-electron chi connectivity index (χ2n) is 2.08. The van der Waals surface area contributed by atoms with Crippen LogP contribution in [0.2, 0.25) is 0 Å². The molecule has 2 N–H and O–H groups in total. The highest BCUT2D eigenvalue weighted by molar-refractivity contribution is 5.58. The van der Waals surface area contributed by atoms with E-state index in [1.807, 2.05) is 0 Å². The molecule has 10 heavy (non-hydrogen) atoms. The van der Waals surface area contributed by atoms with Gasteiger partial charge in [-0.15, -0.1) is 0 Å². The third kappa shape index (κ3) is 0.640. The van der Waals surface area contributed by atoms with Crippen molar-refractivity contribution in [1.29, 1.82) is 0 Å². The maximum absolute atomic E-state index is 9.19. The first kappa shape index (κ1) is 5.55. The zero-order valence-electron chi connectivity index (χ0n) is 5.10. The predicted molar refractivity (Wildman–Crippen MR) is 34.4 cm³/mol. The van der Waals surface area contributed by atoms with E-state index in [1.54, 1.807) is 0 Å². The van der Waals surface area contributed by atoms with Gasteiger partial charge in [0.05, 0.1) is 12.5 Å². The topological polar surface area (TPSA) is 69.3 Å². The molecule has 0 saturated heterocycles. The van der Waals surface area contributed by atoms with Crippen LogP contribution in [0.1, 0.15) is 0 Å². The minimum absolute atomic E-state index is 0.281. The summed E-state index contributed by atoms with van der Waals surface area (Å²) in [4.78, 5) is 3.92. The molecule has 2 rings (SSSR count). The minimum Gasteiger partial charge on any atom is -0.370 e. The highest BCUT2D eigenvalue weighted by atomic mass is 16.3. The molecule has 0 fully saturated rings. The molecule has 0 unspecified atom stereocenters. The van der Waals surface area contributed by atoms with Crippen LogP contribution in [0.25, 0.3) is 0 Å². The van der Waals surface area contributed by atoms with Crippen LogP contribution in [0.3, 0.4) is 0 Å². The van der Waals surface area contributed by atoms with Crippen molar-refractivity contribution in [2.24, 2.45) is 15.2 Å². The zero-order chi connectivity index (χ0) is 6.97. The lowest BCUT2D eigenvalue weighted by atomic mass is 10.2. The van der Waals surface area contributed by atoms with Gasteiger partial charge in [-0.3, -0.25) is 0 Å². The summed E-state index contributed by atoms with van der Waals surface area (Å²) in [5.41, 5.74) is 0.711. The fraction of sp³-hybridized carbons (Fsp3) is 0.400. The van der Waals surface area contributed by atoms with Gasteiger partial charge < -0.3 is 10.4 Å². The number of aliphatic hydroxyl groups is 1. The number of azo groups is 1. The van der Waals surface area contributed by atoms with E-state index >= 15 is 0 Å². The number of hydrogen-bond acceptors (Lipinski definition) is 5. The Labute approximate surface area is 57.2 Å². The highest BCUT2D eigenvalue weighted by Gasteiger charge is 2.25. The van der Waals surface area contributed by atoms with E-state index in [4.69, 9.17) is 0 Å². The molecule has 0 aromatic heterocycles. The van der Waals surface area contributed by atoms with Crippen molar-refractivity contribution in [1.82, 2.24) is 5.32 Å². The SMILES string of the molecule is O[C@H]1NC=N[C@@H]2N=NC=C21. The van der Waals surface area contributed by atoms with E-state index in [0.717, 1.165) is 0 Å². The van der Waals surface area contributed by atoms with Crippen molar-refractivity contribution in [3.05, 3.63) is 11.8 Å². The molecule has 5 heteroatoms. The molecule has 0 amide bonds. The molecule has 2 atom stereocenters. The maximum Gasteiger partial charge on any atom is 0.189 e. The van der Waals surface area contributed by atoms with Crippen molar-refractivity contribution in [2.75, 3.05) is 0 Å². The largest absolute Gasteiger partial charge is 0.370 e. The lowest BCUT2D eigenvalue weighted by Crippen LogP contribution is -2.36. The van der Waals surface area contributed by atoms with Gasteiger partial charge in [0.2, 0.25) is 0 Å². The molecule has 2 aliphatic rings. The Balaban J connectivity index is 2.32. The van der Waals surface area contributed by atoms with Crippen LogP contribution in [0.15, 0.2) is 27.0 Å². The van der Waals surface area contributed by atoms with Crippen LogP contribution in [0.5, 0.6) is 0 Å². The first-order valence-corrected chi connectivity index (χ1v) is 2.93. The number of aliphatic imine (C=N–C) groups is 1. The number of nitrogens with zero attached hydrogens (tertiary/aromatic N) is 3. The second-order valence-corrected chi connectivity index (χ2v) is 2.08. The van der Waals surface area contributed by atoms with Gasteiger partial charge in [-0.2, -0.15) is 10.2 Å². The number of fused-ring (bicyclic) bond motifs is 1. The summed E-state index contributed by atoms with van der Waals surface area (Å²) >= 11 is 0. The van der Waals surface area contributed by atoms with Crippen LogP contribution in [-0.2, 0) is 0 Å². The fourth-order valence-electron chi connectivity index (χ4n) is 0.905. The Hall–Kier alpha value is -1.23. The van der Waals surface area contributed by atoms with Gasteiger partial charge in [-0.1, -0.05) is 0 Å². The molecule has 2 heterocycles. The molecule has 0 aromatic rings. The van der Waals surface area contributed by atoms with Gasteiger partial charge in [0.25, 0.3) is 0 Å². The van der Waals surface area contributed by atoms with Crippen molar-refractivity contribution in [3.63, 3.8) is 0 Å². The molecule has 0 radical (unpaired) electrons. The molecule has 52 valence electrons. The molecule has 2 aliphatic heterocycles. The van der Waals surface area contributed by atoms with Crippen LogP contribution in [0, 0.1) is 0 Å². The van der Waals surface area contributed by atoms with Crippen molar-refractivity contribution in [2.45, 2.75) is 12.4 Å². The lowest BCUT2D eigenvalue weighted by molar-refractivity contribution is 0.187. The fourth-order valence-corrected chi connectivity index (χ4v) is 0.905. The summed E-state index contributed by atoms with van der Waals surface area (Å²) in [7, 11) is 0. The predicted octanol–water partition coefficient (Wildman–Crippen LogP) is -0.388. The Morgan fingerprint density at radius 2 is 2.50 bits per heavy atom. The quantitative estimate of drug-likeness (QED) is 0.478. The standard InChI is InChI=1S/C5H6N4O/c10-5-3-1-8-9-4(3)6-2-7-5/h1-2,4-5,10H,(H,6,7)/t4-,5-/m1/s1. The van der Waals surface area contributed by atoms with Gasteiger partial charge in [-0.05, 0) is 0 Å². The Morgan fingerprint density at radius 3 is 3.30 bits per heavy atom. The van der Waals surface area contributed by atoms with Gasteiger partial charge in [0.1, 0.15) is 0 Å². The number of hydrogen-bond donors (Lipinski definition) is 2. The minimum atomic E-state index is -0.669. The number of rotatable bonds is 0. The molecule has 0 aliphatic carbocycles. The summed E-state index contributed by atoms with van der Waals surface area (Å²) < 4.78 is 0. The van der Waals surface area contributed by atoms with Crippen molar-refractivity contribution in [3.8, 4) is 0 Å². The van der Waals surface area contributed by atoms with E-state index in [0.29, 0.717) is 5.57 Å². The van der Waals surface area contributed by atoms with Crippen LogP contribution < -0.4 is 5.32 Å². The Morgan fingerprint density at radius 1 is 1.60 bits per heavy atom. The smallest absolute Gasteiger partial charge is 0.189 e. The average molecular weight is 138 g/mol. The van der Waals surface area contributed by atoms with Crippen LogP contribution >= 0.6 is 0 Å². The monoisotopic (exact) mass is 138 g/mol. The number of aliphatic hydroxyl groups excluding tert-OH is 1. The van der Waals surface area contributed by atoms with Gasteiger partial charge in [0.15, 0.2) is 12.4 Å². The summed E-state index contributed by atoms with van der Waals surface area (Å²) in [5.74, 6) is 0. The zero-order valence-corrected chi connectivity index (χ0v) is 5.10. The Kier molecular flexibility index (Phi) is 1.04. The van der Waals surface area contributed by atoms with E-state index < -0.39 is 6.23 Å². The summed E-state index contributed by atoms with van der Waals surface area (Å²) in [6.07, 6.45) is 2.02. The van der Waals surface area contributed by atoms with Gasteiger partial charge in [-0.25, -0.2) is 4.99 Å². The average Bonchev–Trinajstić information content (AvgIpc) is 2.36. The normalized spacial score (nSPS) is 35.1. The molecule has 0 saturated carbocycles. The van der Waals surface area contributed by atoms with Gasteiger partial charge >= 0.3 is 0 Å². The molecular weight excluding hydrogens is 132 g/mol. The van der Waals surface area contributed by atoms with Crippen molar-refractivity contribution < 1.29 is 5.11 Å². The van der Waals surface area contributed by atoms with E-state index in [9.17, 15) is 5.11 Å². The van der Waals surface area contributed by atoms with Gasteiger partial charge in [0, 0.05) is 5.57 Å². The van der Waals surface area contributed by atoms with Crippen LogP contribution in [0.4, 0.5) is 0 Å². The third-order valence-electron chi connectivity index (χ3n) is 1.44. The van der Waals surface area contributed by atoms with E-state index in [-0.39, 0.29) is 6.17 Å². The molecule has 5 nitrogen and oxygen atoms in total. The maximum atomic E-state index is 9.19. The third-order valence-corrected chi connectivity index (χ3v) is 1.44. The van der Waals surface area contributed by atoms with E-state index in [1.165, 1.54) is 12.5 Å². The summed E-state index contributed by atoms with van der Waals surface area (Å²) in [5, 5.41) is 19.2. The van der Waals surface area contributed by atoms with Crippen LogP contribution in [-0.4, -0.2) is 23.8 Å². The highest BCUT2D eigenvalue weighted by Crippen LogP contribution is 2.19. The van der Waals surface area contributed by atoms with Crippen molar-refractivity contribution >= 4 is 6.34 Å². The molecular formula is C5H6N4O. The second kappa shape index (κ2) is 1.88. The number of nitrogens with one attached hydrogen (secondary N) is 1. The van der Waals surface area contributed by atoms with E-state index in [2.05, 4.69) is 20.5 Å². The summed E-state index contributed by atoms with van der Waals surface area (Å²) in [6.45, 7) is 0. The molecule has 0 bridgehead atoms.